The maximum Gasteiger partial charge on any atom is 0.264 e. The van der Waals surface area contributed by atoms with Crippen LogP contribution in [0.2, 0.25) is 5.02 Å². The van der Waals surface area contributed by atoms with Crippen LogP contribution < -0.4 is 14.4 Å². The lowest BCUT2D eigenvalue weighted by atomic mass is 10.1. The first kappa shape index (κ1) is 24.6. The highest BCUT2D eigenvalue weighted by Crippen LogP contribution is 2.26. The lowest BCUT2D eigenvalue weighted by Gasteiger charge is -2.24. The molecule has 6 nitrogen and oxygen atoms in total. The second-order valence-electron chi connectivity index (χ2n) is 7.70. The molecule has 33 heavy (non-hydrogen) atoms. The van der Waals surface area contributed by atoms with Gasteiger partial charge in [0.05, 0.1) is 17.1 Å². The van der Waals surface area contributed by atoms with Crippen molar-refractivity contribution in [2.24, 2.45) is 0 Å². The normalized spacial score (nSPS) is 11.2. The van der Waals surface area contributed by atoms with Crippen molar-refractivity contribution in [3.63, 3.8) is 0 Å². The average Bonchev–Trinajstić information content (AvgIpc) is 2.78. The van der Waals surface area contributed by atoms with E-state index in [0.717, 1.165) is 26.7 Å². The van der Waals surface area contributed by atoms with Crippen molar-refractivity contribution in [2.45, 2.75) is 25.7 Å². The highest BCUT2D eigenvalue weighted by atomic mass is 35.5. The molecule has 0 saturated heterocycles. The van der Waals surface area contributed by atoms with Gasteiger partial charge in [0, 0.05) is 5.02 Å². The van der Waals surface area contributed by atoms with Crippen molar-refractivity contribution in [3.05, 3.63) is 88.4 Å². The summed E-state index contributed by atoms with van der Waals surface area (Å²) in [5.74, 6) is 0.307. The number of anilines is 1. The molecule has 0 heterocycles. The molecule has 0 radical (unpaired) electrons. The fourth-order valence-electron chi connectivity index (χ4n) is 3.20. The lowest BCUT2D eigenvalue weighted by molar-refractivity contribution is -0.119. The highest BCUT2D eigenvalue weighted by Gasteiger charge is 2.27. The van der Waals surface area contributed by atoms with E-state index in [2.05, 4.69) is 5.32 Å². The van der Waals surface area contributed by atoms with Crippen LogP contribution in [0.4, 0.5) is 5.69 Å². The van der Waals surface area contributed by atoms with Crippen molar-refractivity contribution < 1.29 is 17.9 Å². The molecule has 8 heteroatoms. The number of amides is 1. The van der Waals surface area contributed by atoms with Crippen molar-refractivity contribution >= 4 is 33.2 Å². The number of nitrogens with one attached hydrogen (secondary N) is 1. The van der Waals surface area contributed by atoms with E-state index in [9.17, 15) is 13.2 Å². The summed E-state index contributed by atoms with van der Waals surface area (Å²) in [6, 6.07) is 18.7. The van der Waals surface area contributed by atoms with Gasteiger partial charge in [-0.05, 0) is 68.3 Å². The number of sulfonamides is 1. The SMILES string of the molecule is Cc1ccc(S(=O)(=O)N(CC(=O)NCCOc2cccc(C)c2C)c2cccc(Cl)c2)cc1. The Bertz CT molecular complexity index is 1230. The Labute approximate surface area is 200 Å². The maximum absolute atomic E-state index is 13.4. The van der Waals surface area contributed by atoms with Crippen LogP contribution in [-0.2, 0) is 14.8 Å². The van der Waals surface area contributed by atoms with Crippen molar-refractivity contribution in [1.82, 2.24) is 5.32 Å². The van der Waals surface area contributed by atoms with Crippen LogP contribution >= 0.6 is 11.6 Å². The summed E-state index contributed by atoms with van der Waals surface area (Å²) >= 11 is 6.09. The van der Waals surface area contributed by atoms with E-state index in [1.807, 2.05) is 39.0 Å². The van der Waals surface area contributed by atoms with E-state index in [0.29, 0.717) is 10.7 Å². The topological polar surface area (TPSA) is 75.7 Å². The summed E-state index contributed by atoms with van der Waals surface area (Å²) < 4.78 is 33.5. The lowest BCUT2D eigenvalue weighted by Crippen LogP contribution is -2.42. The molecule has 0 aliphatic heterocycles. The first-order valence-corrected chi connectivity index (χ1v) is 12.3. The fourth-order valence-corrected chi connectivity index (χ4v) is 4.80. The monoisotopic (exact) mass is 486 g/mol. The molecule has 0 spiro atoms. The molecule has 3 aromatic carbocycles. The number of ether oxygens (including phenoxy) is 1. The summed E-state index contributed by atoms with van der Waals surface area (Å²) in [6.07, 6.45) is 0. The molecule has 0 aromatic heterocycles. The Morgan fingerprint density at radius 1 is 1.00 bits per heavy atom. The third kappa shape index (κ3) is 6.27. The van der Waals surface area contributed by atoms with Crippen LogP contribution in [0, 0.1) is 20.8 Å². The number of halogens is 1. The molecule has 0 atom stereocenters. The van der Waals surface area contributed by atoms with Gasteiger partial charge in [-0.1, -0.05) is 47.5 Å². The Kier molecular flexibility index (Phi) is 8.00. The number of hydrogen-bond acceptors (Lipinski definition) is 4. The first-order chi connectivity index (χ1) is 15.7. The minimum absolute atomic E-state index is 0.0964. The minimum atomic E-state index is -3.98. The van der Waals surface area contributed by atoms with E-state index in [1.54, 1.807) is 30.3 Å². The highest BCUT2D eigenvalue weighted by molar-refractivity contribution is 7.92. The van der Waals surface area contributed by atoms with Gasteiger partial charge in [-0.3, -0.25) is 9.10 Å². The quantitative estimate of drug-likeness (QED) is 0.446. The third-order valence-electron chi connectivity index (χ3n) is 5.23. The summed E-state index contributed by atoms with van der Waals surface area (Å²) in [5.41, 5.74) is 3.41. The molecular formula is C25H27ClN2O4S. The van der Waals surface area contributed by atoms with Gasteiger partial charge in [0.15, 0.2) is 0 Å². The number of hydrogen-bond donors (Lipinski definition) is 1. The van der Waals surface area contributed by atoms with E-state index < -0.39 is 15.9 Å². The molecule has 0 bridgehead atoms. The molecule has 1 N–H and O–H groups in total. The first-order valence-electron chi connectivity index (χ1n) is 10.5. The fraction of sp³-hybridized carbons (Fsp3) is 0.240. The molecule has 0 fully saturated rings. The zero-order valence-corrected chi connectivity index (χ0v) is 20.4. The van der Waals surface area contributed by atoms with Gasteiger partial charge in [0.25, 0.3) is 10.0 Å². The zero-order chi connectivity index (χ0) is 24.0. The van der Waals surface area contributed by atoms with Gasteiger partial charge in [-0.25, -0.2) is 8.42 Å². The molecule has 0 saturated carbocycles. The Morgan fingerprint density at radius 3 is 2.39 bits per heavy atom. The summed E-state index contributed by atoms with van der Waals surface area (Å²) in [6.45, 7) is 5.96. The molecule has 1 amide bonds. The van der Waals surface area contributed by atoms with Crippen molar-refractivity contribution in [1.29, 1.82) is 0 Å². The number of carbonyl (C=O) groups excluding carboxylic acids is 1. The van der Waals surface area contributed by atoms with Gasteiger partial charge in [-0.2, -0.15) is 0 Å². The molecular weight excluding hydrogens is 460 g/mol. The zero-order valence-electron chi connectivity index (χ0n) is 18.8. The molecule has 0 unspecified atom stereocenters. The predicted molar refractivity (Wildman–Crippen MR) is 132 cm³/mol. The maximum atomic E-state index is 13.4. The summed E-state index contributed by atoms with van der Waals surface area (Å²) in [7, 11) is -3.98. The van der Waals surface area contributed by atoms with Crippen molar-refractivity contribution in [3.8, 4) is 5.75 Å². The molecule has 0 aliphatic carbocycles. The number of benzene rings is 3. The second-order valence-corrected chi connectivity index (χ2v) is 10.00. The average molecular weight is 487 g/mol. The molecule has 3 rings (SSSR count). The van der Waals surface area contributed by atoms with E-state index in [4.69, 9.17) is 16.3 Å². The standard InChI is InChI=1S/C25H27ClN2O4S/c1-18-10-12-23(13-11-18)33(30,31)28(22-8-5-7-21(26)16-22)17-25(29)27-14-15-32-24-9-4-6-19(2)20(24)3/h4-13,16H,14-15,17H2,1-3H3,(H,27,29). The largest absolute Gasteiger partial charge is 0.491 e. The van der Waals surface area contributed by atoms with Gasteiger partial charge in [-0.15, -0.1) is 0 Å². The van der Waals surface area contributed by atoms with Crippen LogP contribution in [-0.4, -0.2) is 34.0 Å². The number of aryl methyl sites for hydroxylation is 2. The van der Waals surface area contributed by atoms with Gasteiger partial charge >= 0.3 is 0 Å². The van der Waals surface area contributed by atoms with Crippen molar-refractivity contribution in [2.75, 3.05) is 24.0 Å². The van der Waals surface area contributed by atoms with E-state index in [-0.39, 0.29) is 24.6 Å². The molecule has 3 aromatic rings. The predicted octanol–water partition coefficient (Wildman–Crippen LogP) is 4.66. The second kappa shape index (κ2) is 10.7. The van der Waals surface area contributed by atoms with Gasteiger partial charge in [0.1, 0.15) is 18.9 Å². The number of rotatable bonds is 9. The molecule has 0 aliphatic rings. The van der Waals surface area contributed by atoms with Gasteiger partial charge in [0.2, 0.25) is 5.91 Å². The van der Waals surface area contributed by atoms with Crippen LogP contribution in [0.25, 0.3) is 0 Å². The Balaban J connectivity index is 1.71. The number of carbonyl (C=O) groups is 1. The molecule has 174 valence electrons. The van der Waals surface area contributed by atoms with Crippen LogP contribution in [0.3, 0.4) is 0 Å². The smallest absolute Gasteiger partial charge is 0.264 e. The summed E-state index contributed by atoms with van der Waals surface area (Å²) in [5, 5.41) is 3.11. The van der Waals surface area contributed by atoms with Crippen LogP contribution in [0.5, 0.6) is 5.75 Å². The summed E-state index contributed by atoms with van der Waals surface area (Å²) in [4.78, 5) is 12.8. The third-order valence-corrected chi connectivity index (χ3v) is 7.25. The van der Waals surface area contributed by atoms with E-state index in [1.165, 1.54) is 18.2 Å². The number of nitrogens with zero attached hydrogens (tertiary/aromatic N) is 1. The van der Waals surface area contributed by atoms with E-state index >= 15 is 0 Å². The Hall–Kier alpha value is -3.03. The Morgan fingerprint density at radius 2 is 1.70 bits per heavy atom. The van der Waals surface area contributed by atoms with Gasteiger partial charge < -0.3 is 10.1 Å². The van der Waals surface area contributed by atoms with Crippen LogP contribution in [0.1, 0.15) is 16.7 Å². The minimum Gasteiger partial charge on any atom is -0.491 e. The van der Waals surface area contributed by atoms with Crippen LogP contribution in [0.15, 0.2) is 71.6 Å².